The normalized spacial score (nSPS) is 10.5. The maximum atomic E-state index is 12.2. The van der Waals surface area contributed by atoms with E-state index in [2.05, 4.69) is 20.3 Å². The number of hydrogen-bond donors (Lipinski definition) is 1. The van der Waals surface area contributed by atoms with Gasteiger partial charge in [0.1, 0.15) is 0 Å². The molecule has 116 valence electrons. The molecule has 1 N–H and O–H groups in total. The van der Waals surface area contributed by atoms with Crippen molar-refractivity contribution in [3.8, 4) is 5.88 Å². The van der Waals surface area contributed by atoms with Crippen molar-refractivity contribution in [2.75, 3.05) is 7.11 Å². The Hall–Kier alpha value is -3.02. The van der Waals surface area contributed by atoms with E-state index in [4.69, 9.17) is 4.74 Å². The quantitative estimate of drug-likeness (QED) is 0.779. The van der Waals surface area contributed by atoms with E-state index in [1.54, 1.807) is 31.8 Å². The van der Waals surface area contributed by atoms with Crippen molar-refractivity contribution in [3.63, 3.8) is 0 Å². The van der Waals surface area contributed by atoms with Crippen LogP contribution in [0.25, 0.3) is 10.8 Å². The van der Waals surface area contributed by atoms with E-state index >= 15 is 0 Å². The zero-order valence-corrected chi connectivity index (χ0v) is 12.7. The molecule has 6 heteroatoms. The second kappa shape index (κ2) is 6.83. The molecular formula is C17H16N4O2. The summed E-state index contributed by atoms with van der Waals surface area (Å²) in [7, 11) is 1.54. The molecule has 0 bridgehead atoms. The summed E-state index contributed by atoms with van der Waals surface area (Å²) >= 11 is 0. The van der Waals surface area contributed by atoms with E-state index in [1.165, 1.54) is 0 Å². The number of amides is 1. The molecule has 0 atom stereocenters. The van der Waals surface area contributed by atoms with Gasteiger partial charge in [-0.05, 0) is 17.0 Å². The largest absolute Gasteiger partial charge is 0.481 e. The Morgan fingerprint density at radius 3 is 3.00 bits per heavy atom. The van der Waals surface area contributed by atoms with Gasteiger partial charge in [0.25, 0.3) is 0 Å². The van der Waals surface area contributed by atoms with Gasteiger partial charge in [-0.1, -0.05) is 18.2 Å². The fraction of sp³-hybridized carbons (Fsp3) is 0.176. The molecule has 0 spiro atoms. The van der Waals surface area contributed by atoms with Crippen molar-refractivity contribution >= 4 is 16.7 Å². The van der Waals surface area contributed by atoms with Gasteiger partial charge in [-0.25, -0.2) is 4.98 Å². The Bertz CT molecular complexity index is 830. The zero-order chi connectivity index (χ0) is 16.1. The van der Waals surface area contributed by atoms with Crippen LogP contribution >= 0.6 is 0 Å². The van der Waals surface area contributed by atoms with Gasteiger partial charge in [0.05, 0.1) is 20.1 Å². The highest BCUT2D eigenvalue weighted by Gasteiger charge is 2.08. The number of benzene rings is 1. The van der Waals surface area contributed by atoms with Gasteiger partial charge in [-0.15, -0.1) is 0 Å². The van der Waals surface area contributed by atoms with Crippen molar-refractivity contribution in [2.24, 2.45) is 0 Å². The maximum absolute atomic E-state index is 12.2. The lowest BCUT2D eigenvalue weighted by molar-refractivity contribution is -0.120. The predicted molar refractivity (Wildman–Crippen MR) is 85.9 cm³/mol. The van der Waals surface area contributed by atoms with Gasteiger partial charge in [0, 0.05) is 30.0 Å². The van der Waals surface area contributed by atoms with E-state index in [9.17, 15) is 4.79 Å². The molecule has 2 aromatic heterocycles. The van der Waals surface area contributed by atoms with Crippen LogP contribution in [0, 0.1) is 0 Å². The van der Waals surface area contributed by atoms with E-state index in [0.29, 0.717) is 11.7 Å². The highest BCUT2D eigenvalue weighted by Crippen LogP contribution is 2.17. The lowest BCUT2D eigenvalue weighted by Crippen LogP contribution is -2.25. The minimum Gasteiger partial charge on any atom is -0.481 e. The molecule has 0 aliphatic heterocycles. The van der Waals surface area contributed by atoms with Gasteiger partial charge in [-0.3, -0.25) is 9.78 Å². The summed E-state index contributed by atoms with van der Waals surface area (Å²) in [6, 6.07) is 9.47. The van der Waals surface area contributed by atoms with Crippen LogP contribution in [0.15, 0.2) is 48.9 Å². The van der Waals surface area contributed by atoms with Crippen LogP contribution in [-0.4, -0.2) is 28.0 Å². The number of fused-ring (bicyclic) bond motifs is 1. The van der Waals surface area contributed by atoms with Crippen molar-refractivity contribution in [2.45, 2.75) is 13.0 Å². The molecule has 3 aromatic rings. The molecule has 0 aliphatic rings. The van der Waals surface area contributed by atoms with Crippen LogP contribution in [-0.2, 0) is 17.8 Å². The first-order valence-corrected chi connectivity index (χ1v) is 7.20. The summed E-state index contributed by atoms with van der Waals surface area (Å²) in [4.78, 5) is 24.6. The maximum Gasteiger partial charge on any atom is 0.224 e. The Balaban J connectivity index is 1.67. The smallest absolute Gasteiger partial charge is 0.224 e. The van der Waals surface area contributed by atoms with E-state index in [-0.39, 0.29) is 18.9 Å². The molecule has 0 saturated heterocycles. The number of methoxy groups -OCH3 is 1. The SMILES string of the molecule is COc1ccnc(CNC(=O)Cc2cccc3ccncc23)n1. The second-order valence-electron chi connectivity index (χ2n) is 4.98. The molecule has 1 aromatic carbocycles. The third-order valence-electron chi connectivity index (χ3n) is 3.46. The standard InChI is InChI=1S/C17H16N4O2/c1-23-17-6-8-19-15(21-17)11-20-16(22)9-13-4-2-3-12-5-7-18-10-14(12)13/h2-8,10H,9,11H2,1H3,(H,20,22). The third kappa shape index (κ3) is 3.60. The summed E-state index contributed by atoms with van der Waals surface area (Å²) < 4.78 is 5.03. The summed E-state index contributed by atoms with van der Waals surface area (Å²) in [5, 5.41) is 4.88. The van der Waals surface area contributed by atoms with Crippen LogP contribution in [0.2, 0.25) is 0 Å². The number of nitrogens with one attached hydrogen (secondary N) is 1. The molecule has 0 aliphatic carbocycles. The summed E-state index contributed by atoms with van der Waals surface area (Å²) in [5.41, 5.74) is 0.944. The fourth-order valence-corrected chi connectivity index (χ4v) is 2.32. The molecule has 23 heavy (non-hydrogen) atoms. The molecule has 0 fully saturated rings. The van der Waals surface area contributed by atoms with Crippen molar-refractivity contribution in [3.05, 3.63) is 60.3 Å². The topological polar surface area (TPSA) is 77.0 Å². The number of hydrogen-bond acceptors (Lipinski definition) is 5. The molecule has 1 amide bonds. The average Bonchev–Trinajstić information content (AvgIpc) is 2.60. The van der Waals surface area contributed by atoms with Gasteiger partial charge < -0.3 is 10.1 Å². The Kier molecular flexibility index (Phi) is 4.42. The molecular weight excluding hydrogens is 292 g/mol. The minimum absolute atomic E-state index is 0.0900. The number of ether oxygens (including phenoxy) is 1. The first-order chi connectivity index (χ1) is 11.3. The number of aromatic nitrogens is 3. The Morgan fingerprint density at radius 2 is 2.13 bits per heavy atom. The first kappa shape index (κ1) is 14.9. The molecule has 0 unspecified atom stereocenters. The van der Waals surface area contributed by atoms with Gasteiger partial charge in [0.15, 0.2) is 5.82 Å². The number of carbonyl (C=O) groups is 1. The van der Waals surface area contributed by atoms with Gasteiger partial charge >= 0.3 is 0 Å². The number of nitrogens with zero attached hydrogens (tertiary/aromatic N) is 3. The van der Waals surface area contributed by atoms with Crippen molar-refractivity contribution in [1.82, 2.24) is 20.3 Å². The van der Waals surface area contributed by atoms with E-state index in [0.717, 1.165) is 16.3 Å². The van der Waals surface area contributed by atoms with E-state index in [1.807, 2.05) is 24.3 Å². The summed E-state index contributed by atoms with van der Waals surface area (Å²) in [6.07, 6.45) is 5.41. The predicted octanol–water partition coefficient (Wildman–Crippen LogP) is 1.89. The van der Waals surface area contributed by atoms with Crippen molar-refractivity contribution in [1.29, 1.82) is 0 Å². The first-order valence-electron chi connectivity index (χ1n) is 7.20. The number of pyridine rings is 1. The van der Waals surface area contributed by atoms with Crippen LogP contribution in [0.3, 0.4) is 0 Å². The monoisotopic (exact) mass is 308 g/mol. The lowest BCUT2D eigenvalue weighted by Gasteiger charge is -2.07. The third-order valence-corrected chi connectivity index (χ3v) is 3.46. The van der Waals surface area contributed by atoms with Gasteiger partial charge in [0.2, 0.25) is 11.8 Å². The lowest BCUT2D eigenvalue weighted by atomic mass is 10.0. The highest BCUT2D eigenvalue weighted by atomic mass is 16.5. The van der Waals surface area contributed by atoms with Crippen LogP contribution in [0.1, 0.15) is 11.4 Å². The Labute approximate surface area is 133 Å². The Morgan fingerprint density at radius 1 is 1.22 bits per heavy atom. The van der Waals surface area contributed by atoms with Crippen LogP contribution < -0.4 is 10.1 Å². The van der Waals surface area contributed by atoms with E-state index < -0.39 is 0 Å². The number of rotatable bonds is 5. The molecule has 6 nitrogen and oxygen atoms in total. The fourth-order valence-electron chi connectivity index (χ4n) is 2.32. The van der Waals surface area contributed by atoms with Gasteiger partial charge in [-0.2, -0.15) is 4.98 Å². The summed E-state index contributed by atoms with van der Waals surface area (Å²) in [5.74, 6) is 0.898. The van der Waals surface area contributed by atoms with Crippen LogP contribution in [0.4, 0.5) is 0 Å². The minimum atomic E-state index is -0.0900. The molecule has 0 radical (unpaired) electrons. The van der Waals surface area contributed by atoms with Crippen molar-refractivity contribution < 1.29 is 9.53 Å². The molecule has 3 rings (SSSR count). The number of carbonyl (C=O) groups excluding carboxylic acids is 1. The zero-order valence-electron chi connectivity index (χ0n) is 12.7. The molecule has 2 heterocycles. The molecule has 0 saturated carbocycles. The van der Waals surface area contributed by atoms with Crippen LogP contribution in [0.5, 0.6) is 5.88 Å². The summed E-state index contributed by atoms with van der Waals surface area (Å²) in [6.45, 7) is 0.263. The average molecular weight is 308 g/mol. The second-order valence-corrected chi connectivity index (χ2v) is 4.98. The highest BCUT2D eigenvalue weighted by molar-refractivity contribution is 5.89.